The highest BCUT2D eigenvalue weighted by Crippen LogP contribution is 2.25. The molecule has 0 aliphatic carbocycles. The Hall–Kier alpha value is -2.21. The molecule has 0 spiro atoms. The van der Waals surface area contributed by atoms with Crippen LogP contribution >= 0.6 is 0 Å². The van der Waals surface area contributed by atoms with Crippen molar-refractivity contribution in [1.82, 2.24) is 19.7 Å². The van der Waals surface area contributed by atoms with E-state index >= 15 is 0 Å². The fourth-order valence-corrected chi connectivity index (χ4v) is 2.72. The summed E-state index contributed by atoms with van der Waals surface area (Å²) >= 11 is 0. The Morgan fingerprint density at radius 2 is 2.14 bits per heavy atom. The largest absolute Gasteiger partial charge is 0.367 e. The highest BCUT2D eigenvalue weighted by molar-refractivity contribution is 5.76. The van der Waals surface area contributed by atoms with E-state index in [1.807, 2.05) is 42.2 Å². The number of nitrogens with zero attached hydrogens (tertiary/aromatic N) is 4. The van der Waals surface area contributed by atoms with Crippen molar-refractivity contribution in [1.29, 1.82) is 0 Å². The third kappa shape index (κ3) is 3.51. The van der Waals surface area contributed by atoms with Crippen molar-refractivity contribution >= 4 is 5.91 Å². The molecule has 6 nitrogen and oxygen atoms in total. The van der Waals surface area contributed by atoms with Gasteiger partial charge in [0, 0.05) is 13.0 Å². The van der Waals surface area contributed by atoms with E-state index in [0.717, 1.165) is 5.56 Å². The molecule has 116 valence electrons. The van der Waals surface area contributed by atoms with Crippen LogP contribution in [0.3, 0.4) is 0 Å². The standard InChI is InChI=1S/C16H20N4O2/c1-13-9-19(16(21)7-8-20-12-17-11-18-20)10-15(22-13)14-5-3-2-4-6-14/h2-6,11-13,15H,7-10H2,1H3/t13-,15-/m0/s1. The number of amides is 1. The van der Waals surface area contributed by atoms with E-state index in [-0.39, 0.29) is 18.1 Å². The van der Waals surface area contributed by atoms with Gasteiger partial charge in [0.15, 0.2) is 0 Å². The number of carbonyl (C=O) groups excluding carboxylic acids is 1. The zero-order valence-corrected chi connectivity index (χ0v) is 12.6. The molecule has 1 aromatic heterocycles. The first-order chi connectivity index (χ1) is 10.7. The number of hydrogen-bond donors (Lipinski definition) is 0. The molecule has 3 rings (SSSR count). The van der Waals surface area contributed by atoms with Gasteiger partial charge in [-0.3, -0.25) is 9.48 Å². The Balaban J connectivity index is 1.61. The zero-order valence-electron chi connectivity index (χ0n) is 12.6. The van der Waals surface area contributed by atoms with Crippen LogP contribution in [0.25, 0.3) is 0 Å². The summed E-state index contributed by atoms with van der Waals surface area (Å²) < 4.78 is 7.66. The molecule has 0 unspecified atom stereocenters. The third-order valence-corrected chi connectivity index (χ3v) is 3.81. The third-order valence-electron chi connectivity index (χ3n) is 3.81. The molecule has 0 bridgehead atoms. The van der Waals surface area contributed by atoms with Crippen molar-refractivity contribution in [3.63, 3.8) is 0 Å². The summed E-state index contributed by atoms with van der Waals surface area (Å²) in [7, 11) is 0. The second-order valence-electron chi connectivity index (χ2n) is 5.55. The van der Waals surface area contributed by atoms with E-state index in [2.05, 4.69) is 10.1 Å². The van der Waals surface area contributed by atoms with E-state index in [1.165, 1.54) is 6.33 Å². The van der Waals surface area contributed by atoms with Gasteiger partial charge >= 0.3 is 0 Å². The molecule has 2 heterocycles. The molecule has 1 aliphatic rings. The molecule has 6 heteroatoms. The second-order valence-corrected chi connectivity index (χ2v) is 5.55. The first kappa shape index (κ1) is 14.7. The molecule has 1 fully saturated rings. The molecule has 2 atom stereocenters. The molecule has 0 N–H and O–H groups in total. The van der Waals surface area contributed by atoms with E-state index in [9.17, 15) is 4.79 Å². The summed E-state index contributed by atoms with van der Waals surface area (Å²) in [5.74, 6) is 0.131. The maximum absolute atomic E-state index is 12.4. The normalized spacial score (nSPS) is 21.8. The van der Waals surface area contributed by atoms with Crippen LogP contribution in [0.15, 0.2) is 43.0 Å². The Morgan fingerprint density at radius 1 is 1.32 bits per heavy atom. The second kappa shape index (κ2) is 6.70. The Morgan fingerprint density at radius 3 is 2.86 bits per heavy atom. The highest BCUT2D eigenvalue weighted by Gasteiger charge is 2.29. The summed E-state index contributed by atoms with van der Waals surface area (Å²) in [5.41, 5.74) is 1.11. The van der Waals surface area contributed by atoms with Crippen molar-refractivity contribution in [2.45, 2.75) is 32.1 Å². The van der Waals surface area contributed by atoms with Gasteiger partial charge in [-0.15, -0.1) is 0 Å². The maximum Gasteiger partial charge on any atom is 0.224 e. The topological polar surface area (TPSA) is 60.2 Å². The summed E-state index contributed by atoms with van der Waals surface area (Å²) in [5, 5.41) is 4.02. The molecular formula is C16H20N4O2. The molecule has 1 amide bonds. The molecular weight excluding hydrogens is 280 g/mol. The lowest BCUT2D eigenvalue weighted by Gasteiger charge is -2.37. The molecule has 0 saturated carbocycles. The minimum atomic E-state index is -0.0553. The van der Waals surface area contributed by atoms with Crippen molar-refractivity contribution in [2.75, 3.05) is 13.1 Å². The van der Waals surface area contributed by atoms with Crippen molar-refractivity contribution in [3.8, 4) is 0 Å². The van der Waals surface area contributed by atoms with Crippen LogP contribution in [-0.4, -0.2) is 44.8 Å². The van der Waals surface area contributed by atoms with E-state index in [0.29, 0.717) is 26.1 Å². The van der Waals surface area contributed by atoms with Gasteiger partial charge in [-0.1, -0.05) is 30.3 Å². The quantitative estimate of drug-likeness (QED) is 0.861. The average Bonchev–Trinajstić information content (AvgIpc) is 3.06. The number of ether oxygens (including phenoxy) is 1. The van der Waals surface area contributed by atoms with Gasteiger partial charge in [-0.2, -0.15) is 5.10 Å². The molecule has 0 radical (unpaired) electrons. The van der Waals surface area contributed by atoms with Crippen LogP contribution < -0.4 is 0 Å². The Labute approximate surface area is 129 Å². The van der Waals surface area contributed by atoms with E-state index in [1.54, 1.807) is 11.0 Å². The Kier molecular flexibility index (Phi) is 4.48. The summed E-state index contributed by atoms with van der Waals surface area (Å²) in [4.78, 5) is 18.2. The average molecular weight is 300 g/mol. The van der Waals surface area contributed by atoms with Crippen molar-refractivity contribution in [3.05, 3.63) is 48.5 Å². The molecule has 1 aliphatic heterocycles. The van der Waals surface area contributed by atoms with E-state index < -0.39 is 0 Å². The van der Waals surface area contributed by atoms with Gasteiger partial charge < -0.3 is 9.64 Å². The summed E-state index contributed by atoms with van der Waals surface area (Å²) in [6, 6.07) is 10.1. The maximum atomic E-state index is 12.4. The van der Waals surface area contributed by atoms with Crippen LogP contribution in [0.5, 0.6) is 0 Å². The minimum absolute atomic E-state index is 0.0364. The van der Waals surface area contributed by atoms with Gasteiger partial charge in [0.1, 0.15) is 18.8 Å². The number of rotatable bonds is 4. The van der Waals surface area contributed by atoms with Gasteiger partial charge in [0.2, 0.25) is 5.91 Å². The monoisotopic (exact) mass is 300 g/mol. The van der Waals surface area contributed by atoms with Gasteiger partial charge in [0.25, 0.3) is 0 Å². The lowest BCUT2D eigenvalue weighted by molar-refractivity contribution is -0.145. The molecule has 1 aromatic carbocycles. The molecule has 2 aromatic rings. The number of benzene rings is 1. The van der Waals surface area contributed by atoms with Crippen molar-refractivity contribution in [2.24, 2.45) is 0 Å². The lowest BCUT2D eigenvalue weighted by atomic mass is 10.1. The van der Waals surface area contributed by atoms with Crippen LogP contribution in [0, 0.1) is 0 Å². The fourth-order valence-electron chi connectivity index (χ4n) is 2.72. The number of aryl methyl sites for hydroxylation is 1. The lowest BCUT2D eigenvalue weighted by Crippen LogP contribution is -2.46. The number of hydrogen-bond acceptors (Lipinski definition) is 4. The number of aromatic nitrogens is 3. The molecule has 1 saturated heterocycles. The van der Waals surface area contributed by atoms with E-state index in [4.69, 9.17) is 4.74 Å². The van der Waals surface area contributed by atoms with Crippen LogP contribution in [0.2, 0.25) is 0 Å². The van der Waals surface area contributed by atoms with Crippen LogP contribution in [-0.2, 0) is 16.1 Å². The SMILES string of the molecule is C[C@H]1CN(C(=O)CCn2cncn2)C[C@@H](c2ccccc2)O1. The van der Waals surface area contributed by atoms with Crippen molar-refractivity contribution < 1.29 is 9.53 Å². The fraction of sp³-hybridized carbons (Fsp3) is 0.438. The minimum Gasteiger partial charge on any atom is -0.367 e. The predicted molar refractivity (Wildman–Crippen MR) is 80.9 cm³/mol. The number of carbonyl (C=O) groups is 1. The van der Waals surface area contributed by atoms with Crippen LogP contribution in [0.4, 0.5) is 0 Å². The van der Waals surface area contributed by atoms with Gasteiger partial charge in [-0.25, -0.2) is 4.98 Å². The smallest absolute Gasteiger partial charge is 0.224 e. The predicted octanol–water partition coefficient (Wildman–Crippen LogP) is 1.66. The number of morpholine rings is 1. The summed E-state index contributed by atoms with van der Waals surface area (Å²) in [6.07, 6.45) is 3.52. The first-order valence-corrected chi connectivity index (χ1v) is 7.53. The first-order valence-electron chi connectivity index (χ1n) is 7.53. The molecule has 22 heavy (non-hydrogen) atoms. The summed E-state index contributed by atoms with van der Waals surface area (Å²) in [6.45, 7) is 3.80. The van der Waals surface area contributed by atoms with Gasteiger partial charge in [0.05, 0.1) is 19.2 Å². The van der Waals surface area contributed by atoms with Crippen LogP contribution in [0.1, 0.15) is 25.0 Å². The highest BCUT2D eigenvalue weighted by atomic mass is 16.5. The van der Waals surface area contributed by atoms with Gasteiger partial charge in [-0.05, 0) is 12.5 Å². The zero-order chi connectivity index (χ0) is 15.4. The Bertz CT molecular complexity index is 600.